The van der Waals surface area contributed by atoms with Crippen LogP contribution in [0.4, 0.5) is 0 Å². The van der Waals surface area contributed by atoms with Crippen LogP contribution in [-0.2, 0) is 12.8 Å². The summed E-state index contributed by atoms with van der Waals surface area (Å²) in [6.07, 6.45) is 7.85. The van der Waals surface area contributed by atoms with Crippen molar-refractivity contribution < 1.29 is 4.79 Å². The van der Waals surface area contributed by atoms with Gasteiger partial charge in [-0.05, 0) is 73.6 Å². The molecule has 4 rings (SSSR count). The first-order valence-corrected chi connectivity index (χ1v) is 9.08. The van der Waals surface area contributed by atoms with Gasteiger partial charge in [-0.25, -0.2) is 9.67 Å². The molecule has 0 bridgehead atoms. The molecule has 1 aliphatic carbocycles. The Morgan fingerprint density at radius 1 is 1.08 bits per heavy atom. The fourth-order valence-corrected chi connectivity index (χ4v) is 3.50. The number of nitrogens with zero attached hydrogens (tertiary/aromatic N) is 3. The second kappa shape index (κ2) is 7.12. The summed E-state index contributed by atoms with van der Waals surface area (Å²) in [6.45, 7) is 2.00. The molecule has 0 aliphatic heterocycles. The Balaban J connectivity index is 1.45. The second-order valence-electron chi connectivity index (χ2n) is 6.82. The van der Waals surface area contributed by atoms with Gasteiger partial charge in [0.2, 0.25) is 0 Å². The van der Waals surface area contributed by atoms with Crippen LogP contribution in [0.25, 0.3) is 5.69 Å². The standard InChI is InChI=1S/C21H22N4O/c1-15(16-8-10-20(11-9-16)25-14-22-13-23-25)24-21(26)19-7-6-17-4-2-3-5-18(17)12-19/h6-15H,2-5H2,1H3,(H,24,26)/t15-/m1/s1. The number of carbonyl (C=O) groups is 1. The van der Waals surface area contributed by atoms with Gasteiger partial charge in [-0.1, -0.05) is 18.2 Å². The first-order chi connectivity index (χ1) is 12.7. The average molecular weight is 346 g/mol. The van der Waals surface area contributed by atoms with E-state index in [4.69, 9.17) is 0 Å². The van der Waals surface area contributed by atoms with Crippen LogP contribution in [0.3, 0.4) is 0 Å². The highest BCUT2D eigenvalue weighted by atomic mass is 16.1. The van der Waals surface area contributed by atoms with Crippen molar-refractivity contribution in [3.05, 3.63) is 77.4 Å². The maximum absolute atomic E-state index is 12.6. The van der Waals surface area contributed by atoms with Crippen molar-refractivity contribution in [3.8, 4) is 5.69 Å². The molecule has 5 heteroatoms. The number of aryl methyl sites for hydroxylation is 2. The predicted octanol–water partition coefficient (Wildman–Crippen LogP) is 3.64. The number of amides is 1. The van der Waals surface area contributed by atoms with E-state index in [0.29, 0.717) is 0 Å². The molecule has 0 saturated carbocycles. The van der Waals surface area contributed by atoms with Crippen LogP contribution in [0.1, 0.15) is 52.9 Å². The molecule has 0 spiro atoms. The summed E-state index contributed by atoms with van der Waals surface area (Å²) in [5.74, 6) is -0.0220. The number of nitrogens with one attached hydrogen (secondary N) is 1. The predicted molar refractivity (Wildman–Crippen MR) is 100 cm³/mol. The summed E-state index contributed by atoms with van der Waals surface area (Å²) < 4.78 is 1.71. The van der Waals surface area contributed by atoms with Crippen molar-refractivity contribution in [2.45, 2.75) is 38.6 Å². The van der Waals surface area contributed by atoms with Gasteiger partial charge in [0.25, 0.3) is 5.91 Å². The Morgan fingerprint density at radius 3 is 2.58 bits per heavy atom. The molecule has 5 nitrogen and oxygen atoms in total. The van der Waals surface area contributed by atoms with E-state index in [2.05, 4.69) is 27.5 Å². The molecule has 2 aromatic carbocycles. The molecule has 0 unspecified atom stereocenters. The van der Waals surface area contributed by atoms with Crippen LogP contribution < -0.4 is 5.32 Å². The molecule has 1 aliphatic rings. The molecule has 26 heavy (non-hydrogen) atoms. The Bertz CT molecular complexity index is 900. The Morgan fingerprint density at radius 2 is 1.85 bits per heavy atom. The lowest BCUT2D eigenvalue weighted by Gasteiger charge is -2.18. The number of hydrogen-bond acceptors (Lipinski definition) is 3. The van der Waals surface area contributed by atoms with E-state index in [0.717, 1.165) is 29.7 Å². The average Bonchev–Trinajstić information content (AvgIpc) is 3.22. The van der Waals surface area contributed by atoms with E-state index in [1.54, 1.807) is 11.0 Å². The molecule has 1 N–H and O–H groups in total. The molecule has 1 heterocycles. The fraction of sp³-hybridized carbons (Fsp3) is 0.286. The van der Waals surface area contributed by atoms with Crippen LogP contribution in [0.5, 0.6) is 0 Å². The number of rotatable bonds is 4. The highest BCUT2D eigenvalue weighted by Gasteiger charge is 2.15. The third kappa shape index (κ3) is 3.38. The highest BCUT2D eigenvalue weighted by Crippen LogP contribution is 2.23. The number of carbonyl (C=O) groups excluding carboxylic acids is 1. The normalized spacial score (nSPS) is 14.5. The van der Waals surface area contributed by atoms with Gasteiger partial charge in [0.1, 0.15) is 12.7 Å². The summed E-state index contributed by atoms with van der Waals surface area (Å²) in [5, 5.41) is 7.22. The summed E-state index contributed by atoms with van der Waals surface area (Å²) >= 11 is 0. The van der Waals surface area contributed by atoms with E-state index in [-0.39, 0.29) is 11.9 Å². The zero-order valence-electron chi connectivity index (χ0n) is 14.9. The second-order valence-corrected chi connectivity index (χ2v) is 6.82. The molecule has 0 fully saturated rings. The lowest BCUT2D eigenvalue weighted by molar-refractivity contribution is 0.0939. The molecule has 3 aromatic rings. The largest absolute Gasteiger partial charge is 0.346 e. The van der Waals surface area contributed by atoms with E-state index >= 15 is 0 Å². The molecular formula is C21H22N4O. The van der Waals surface area contributed by atoms with E-state index in [9.17, 15) is 4.79 Å². The molecule has 0 saturated heterocycles. The quantitative estimate of drug-likeness (QED) is 0.785. The molecule has 1 amide bonds. The Hall–Kier alpha value is -2.95. The van der Waals surface area contributed by atoms with Gasteiger partial charge in [-0.2, -0.15) is 5.10 Å². The van der Waals surface area contributed by atoms with Crippen molar-refractivity contribution in [1.82, 2.24) is 20.1 Å². The Kier molecular flexibility index (Phi) is 4.52. The maximum atomic E-state index is 12.6. The first kappa shape index (κ1) is 16.5. The van der Waals surface area contributed by atoms with Gasteiger partial charge in [-0.3, -0.25) is 4.79 Å². The monoisotopic (exact) mass is 346 g/mol. The van der Waals surface area contributed by atoms with Crippen molar-refractivity contribution in [3.63, 3.8) is 0 Å². The zero-order chi connectivity index (χ0) is 17.9. The lowest BCUT2D eigenvalue weighted by Crippen LogP contribution is -2.27. The fourth-order valence-electron chi connectivity index (χ4n) is 3.50. The van der Waals surface area contributed by atoms with Gasteiger partial charge in [0.05, 0.1) is 11.7 Å². The van der Waals surface area contributed by atoms with Crippen LogP contribution in [0, 0.1) is 0 Å². The van der Waals surface area contributed by atoms with Gasteiger partial charge in [0, 0.05) is 5.56 Å². The van der Waals surface area contributed by atoms with Crippen LogP contribution in [0.2, 0.25) is 0 Å². The van der Waals surface area contributed by atoms with E-state index in [1.807, 2.05) is 37.3 Å². The molecule has 1 atom stereocenters. The van der Waals surface area contributed by atoms with Gasteiger partial charge in [-0.15, -0.1) is 0 Å². The summed E-state index contributed by atoms with van der Waals surface area (Å²) in [7, 11) is 0. The highest BCUT2D eigenvalue weighted by molar-refractivity contribution is 5.94. The van der Waals surface area contributed by atoms with Gasteiger partial charge < -0.3 is 5.32 Å². The SMILES string of the molecule is C[C@@H](NC(=O)c1ccc2c(c1)CCCC2)c1ccc(-n2cncn2)cc1. The van der Waals surface area contributed by atoms with E-state index in [1.165, 1.54) is 30.3 Å². The zero-order valence-corrected chi connectivity index (χ0v) is 14.9. The van der Waals surface area contributed by atoms with E-state index < -0.39 is 0 Å². The summed E-state index contributed by atoms with van der Waals surface area (Å²) in [6, 6.07) is 14.0. The van der Waals surface area contributed by atoms with Crippen molar-refractivity contribution >= 4 is 5.91 Å². The smallest absolute Gasteiger partial charge is 0.251 e. The van der Waals surface area contributed by atoms with Crippen molar-refractivity contribution in [2.24, 2.45) is 0 Å². The minimum Gasteiger partial charge on any atom is -0.346 e. The molecule has 132 valence electrons. The number of fused-ring (bicyclic) bond motifs is 1. The minimum absolute atomic E-state index is 0.0220. The van der Waals surface area contributed by atoms with Crippen LogP contribution in [0.15, 0.2) is 55.1 Å². The molecule has 0 radical (unpaired) electrons. The Labute approximate surface area is 153 Å². The van der Waals surface area contributed by atoms with Crippen molar-refractivity contribution in [2.75, 3.05) is 0 Å². The maximum Gasteiger partial charge on any atom is 0.251 e. The van der Waals surface area contributed by atoms with Gasteiger partial charge in [0.15, 0.2) is 0 Å². The van der Waals surface area contributed by atoms with Crippen molar-refractivity contribution in [1.29, 1.82) is 0 Å². The first-order valence-electron chi connectivity index (χ1n) is 9.08. The number of benzene rings is 2. The van der Waals surface area contributed by atoms with Crippen LogP contribution >= 0.6 is 0 Å². The third-order valence-corrected chi connectivity index (χ3v) is 5.03. The minimum atomic E-state index is -0.0664. The molecule has 1 aromatic heterocycles. The van der Waals surface area contributed by atoms with Crippen LogP contribution in [-0.4, -0.2) is 20.7 Å². The lowest BCUT2D eigenvalue weighted by atomic mass is 9.90. The summed E-state index contributed by atoms with van der Waals surface area (Å²) in [4.78, 5) is 16.6. The molecular weight excluding hydrogens is 324 g/mol. The van der Waals surface area contributed by atoms with Gasteiger partial charge >= 0.3 is 0 Å². The third-order valence-electron chi connectivity index (χ3n) is 5.03. The number of aromatic nitrogens is 3. The number of hydrogen-bond donors (Lipinski definition) is 1. The summed E-state index contributed by atoms with van der Waals surface area (Å²) in [5.41, 5.74) is 5.47. The topological polar surface area (TPSA) is 59.8 Å².